The van der Waals surface area contributed by atoms with E-state index in [2.05, 4.69) is 9.80 Å². The van der Waals surface area contributed by atoms with Gasteiger partial charge in [-0.05, 0) is 24.6 Å². The molecular formula is C16H22N2O3. The van der Waals surface area contributed by atoms with Crippen LogP contribution in [0, 0.1) is 0 Å². The molecule has 2 aliphatic rings. The quantitative estimate of drug-likeness (QED) is 0.848. The number of rotatable bonds is 3. The third-order valence-corrected chi connectivity index (χ3v) is 4.31. The molecule has 114 valence electrons. The Hall–Kier alpha value is -1.59. The number of ether oxygens (including phenoxy) is 1. The molecule has 21 heavy (non-hydrogen) atoms. The maximum absolute atomic E-state index is 11.8. The molecule has 0 aromatic heterocycles. The Bertz CT molecular complexity index is 512. The lowest BCUT2D eigenvalue weighted by Gasteiger charge is -2.36. The summed E-state index contributed by atoms with van der Waals surface area (Å²) in [5.41, 5.74) is 1.12. The third kappa shape index (κ3) is 3.36. The molecule has 1 aromatic carbocycles. The summed E-state index contributed by atoms with van der Waals surface area (Å²) in [7, 11) is 0. The van der Waals surface area contributed by atoms with E-state index >= 15 is 0 Å². The van der Waals surface area contributed by atoms with E-state index in [4.69, 9.17) is 4.74 Å². The molecule has 1 aromatic rings. The van der Waals surface area contributed by atoms with Crippen LogP contribution in [0.4, 0.5) is 0 Å². The molecule has 0 amide bonds. The molecule has 2 fully saturated rings. The Morgan fingerprint density at radius 1 is 1.29 bits per heavy atom. The number of carbonyl (C=O) groups is 1. The van der Waals surface area contributed by atoms with E-state index in [0.717, 1.165) is 44.7 Å². The van der Waals surface area contributed by atoms with Gasteiger partial charge >= 0.3 is 5.97 Å². The molecule has 2 atom stereocenters. The van der Waals surface area contributed by atoms with Crippen molar-refractivity contribution in [2.24, 2.45) is 0 Å². The summed E-state index contributed by atoms with van der Waals surface area (Å²) < 4.78 is 5.24. The third-order valence-electron chi connectivity index (χ3n) is 4.31. The number of hydrogen-bond donors (Lipinski definition) is 1. The van der Waals surface area contributed by atoms with Crippen LogP contribution in [0.1, 0.15) is 18.9 Å². The highest BCUT2D eigenvalue weighted by Crippen LogP contribution is 2.22. The van der Waals surface area contributed by atoms with Crippen LogP contribution in [0.2, 0.25) is 0 Å². The molecule has 0 bridgehead atoms. The highest BCUT2D eigenvalue weighted by molar-refractivity contribution is 5.78. The summed E-state index contributed by atoms with van der Waals surface area (Å²) >= 11 is 0. The minimum atomic E-state index is -0.0658. The fourth-order valence-electron chi connectivity index (χ4n) is 3.18. The number of piperazine rings is 1. The molecule has 0 unspecified atom stereocenters. The second kappa shape index (κ2) is 6.03. The number of carbonyl (C=O) groups excluding carboxylic acids is 1. The van der Waals surface area contributed by atoms with E-state index in [0.29, 0.717) is 5.75 Å². The van der Waals surface area contributed by atoms with Gasteiger partial charge in [-0.15, -0.1) is 0 Å². The molecule has 5 heteroatoms. The second-order valence-corrected chi connectivity index (χ2v) is 5.98. The summed E-state index contributed by atoms with van der Waals surface area (Å²) in [6, 6.07) is 7.35. The molecular weight excluding hydrogens is 268 g/mol. The van der Waals surface area contributed by atoms with Gasteiger partial charge in [0.25, 0.3) is 0 Å². The Morgan fingerprint density at radius 2 is 2.05 bits per heavy atom. The van der Waals surface area contributed by atoms with Gasteiger partial charge in [0.2, 0.25) is 0 Å². The normalized spacial score (nSPS) is 27.8. The van der Waals surface area contributed by atoms with Gasteiger partial charge in [0.1, 0.15) is 17.9 Å². The number of nitrogens with zero attached hydrogens (tertiary/aromatic N) is 2. The summed E-state index contributed by atoms with van der Waals surface area (Å²) in [4.78, 5) is 16.4. The second-order valence-electron chi connectivity index (χ2n) is 5.98. The average molecular weight is 290 g/mol. The van der Waals surface area contributed by atoms with Crippen molar-refractivity contribution in [1.82, 2.24) is 9.80 Å². The van der Waals surface area contributed by atoms with E-state index < -0.39 is 0 Å². The predicted molar refractivity (Wildman–Crippen MR) is 78.9 cm³/mol. The molecule has 2 aliphatic heterocycles. The van der Waals surface area contributed by atoms with Gasteiger partial charge in [-0.1, -0.05) is 12.1 Å². The Labute approximate surface area is 125 Å². The van der Waals surface area contributed by atoms with Crippen LogP contribution in [-0.4, -0.2) is 59.2 Å². The summed E-state index contributed by atoms with van der Waals surface area (Å²) in [5, 5.41) is 9.50. The van der Waals surface area contributed by atoms with Gasteiger partial charge in [-0.25, -0.2) is 0 Å². The number of hydrogen-bond acceptors (Lipinski definition) is 5. The zero-order chi connectivity index (χ0) is 14.8. The number of phenols is 1. The number of cyclic esters (lactones) is 1. The van der Waals surface area contributed by atoms with Crippen LogP contribution >= 0.6 is 0 Å². The first-order valence-corrected chi connectivity index (χ1v) is 7.56. The first-order chi connectivity index (χ1) is 10.1. The predicted octanol–water partition coefficient (Wildman–Crippen LogP) is 1.21. The lowest BCUT2D eigenvalue weighted by Crippen LogP contribution is -2.51. The van der Waals surface area contributed by atoms with E-state index in [1.807, 2.05) is 25.1 Å². The average Bonchev–Trinajstić information content (AvgIpc) is 2.79. The molecule has 3 rings (SSSR count). The maximum atomic E-state index is 11.8. The highest BCUT2D eigenvalue weighted by Gasteiger charge is 2.37. The molecule has 0 aliphatic carbocycles. The topological polar surface area (TPSA) is 53.0 Å². The minimum Gasteiger partial charge on any atom is -0.508 e. The van der Waals surface area contributed by atoms with Crippen LogP contribution in [0.25, 0.3) is 0 Å². The van der Waals surface area contributed by atoms with Crippen LogP contribution in [0.15, 0.2) is 24.3 Å². The molecule has 0 spiro atoms. The van der Waals surface area contributed by atoms with Gasteiger partial charge in [0.15, 0.2) is 0 Å². The lowest BCUT2D eigenvalue weighted by molar-refractivity contribution is -0.145. The smallest absolute Gasteiger partial charge is 0.323 e. The summed E-state index contributed by atoms with van der Waals surface area (Å²) in [5.74, 6) is 0.248. The molecule has 2 heterocycles. The van der Waals surface area contributed by atoms with Crippen molar-refractivity contribution in [1.29, 1.82) is 0 Å². The molecule has 2 saturated heterocycles. The van der Waals surface area contributed by atoms with Crippen molar-refractivity contribution in [2.75, 3.05) is 26.2 Å². The first-order valence-electron chi connectivity index (χ1n) is 7.56. The SMILES string of the molecule is C[C@H]1C[C@@H](N2CCN(Cc3cccc(O)c3)CC2)C(=O)O1. The van der Waals surface area contributed by atoms with Crippen molar-refractivity contribution in [2.45, 2.75) is 32.0 Å². The summed E-state index contributed by atoms with van der Waals surface area (Å²) in [6.45, 7) is 6.46. The minimum absolute atomic E-state index is 0.0489. The fourth-order valence-corrected chi connectivity index (χ4v) is 3.18. The van der Waals surface area contributed by atoms with Gasteiger partial charge in [-0.3, -0.25) is 14.6 Å². The van der Waals surface area contributed by atoms with Crippen LogP contribution in [-0.2, 0) is 16.1 Å². The van der Waals surface area contributed by atoms with Crippen molar-refractivity contribution < 1.29 is 14.6 Å². The lowest BCUT2D eigenvalue weighted by atomic mass is 10.1. The summed E-state index contributed by atoms with van der Waals surface area (Å²) in [6.07, 6.45) is 0.860. The highest BCUT2D eigenvalue weighted by atomic mass is 16.6. The first kappa shape index (κ1) is 14.4. The van der Waals surface area contributed by atoms with Crippen molar-refractivity contribution >= 4 is 5.97 Å². The van der Waals surface area contributed by atoms with E-state index in [-0.39, 0.29) is 18.1 Å². The van der Waals surface area contributed by atoms with Crippen LogP contribution in [0.3, 0.4) is 0 Å². The molecule has 0 radical (unpaired) electrons. The van der Waals surface area contributed by atoms with E-state index in [1.54, 1.807) is 6.07 Å². The fraction of sp³-hybridized carbons (Fsp3) is 0.562. The van der Waals surface area contributed by atoms with Crippen LogP contribution < -0.4 is 0 Å². The van der Waals surface area contributed by atoms with Crippen molar-refractivity contribution in [3.63, 3.8) is 0 Å². The molecule has 0 saturated carbocycles. The van der Waals surface area contributed by atoms with Gasteiger partial charge < -0.3 is 9.84 Å². The van der Waals surface area contributed by atoms with E-state index in [1.165, 1.54) is 0 Å². The molecule has 5 nitrogen and oxygen atoms in total. The molecule has 1 N–H and O–H groups in total. The van der Waals surface area contributed by atoms with E-state index in [9.17, 15) is 9.90 Å². The number of esters is 1. The van der Waals surface area contributed by atoms with Crippen molar-refractivity contribution in [3.8, 4) is 5.75 Å². The zero-order valence-corrected chi connectivity index (χ0v) is 12.4. The Kier molecular flexibility index (Phi) is 4.12. The standard InChI is InChI=1S/C16H22N2O3/c1-12-9-15(16(20)21-12)18-7-5-17(6-8-18)11-13-3-2-4-14(19)10-13/h2-4,10,12,15,19H,5-9,11H2,1H3/t12-,15+/m0/s1. The van der Waals surface area contributed by atoms with Crippen molar-refractivity contribution in [3.05, 3.63) is 29.8 Å². The van der Waals surface area contributed by atoms with Crippen LogP contribution in [0.5, 0.6) is 5.75 Å². The van der Waals surface area contributed by atoms with Gasteiger partial charge in [0.05, 0.1) is 0 Å². The number of benzene rings is 1. The van der Waals surface area contributed by atoms with Gasteiger partial charge in [0, 0.05) is 39.1 Å². The number of aromatic hydroxyl groups is 1. The van der Waals surface area contributed by atoms with Gasteiger partial charge in [-0.2, -0.15) is 0 Å². The largest absolute Gasteiger partial charge is 0.508 e. The Balaban J connectivity index is 1.52. The maximum Gasteiger partial charge on any atom is 0.323 e. The zero-order valence-electron chi connectivity index (χ0n) is 12.4. The monoisotopic (exact) mass is 290 g/mol. The Morgan fingerprint density at radius 3 is 2.67 bits per heavy atom. The number of phenolic OH excluding ortho intramolecular Hbond substituents is 1.